The maximum atomic E-state index is 12.6. The van der Waals surface area contributed by atoms with Gasteiger partial charge in [-0.1, -0.05) is 0 Å². The van der Waals surface area contributed by atoms with Crippen molar-refractivity contribution in [1.82, 2.24) is 0 Å². The molecule has 0 N–H and O–H groups in total. The van der Waals surface area contributed by atoms with Gasteiger partial charge in [-0.25, -0.2) is 4.79 Å². The Labute approximate surface area is 123 Å². The van der Waals surface area contributed by atoms with E-state index in [-0.39, 0.29) is 10.6 Å². The van der Waals surface area contributed by atoms with E-state index in [1.165, 1.54) is 7.11 Å². The molecular formula is C13H14F3NO3S. The molecule has 4 nitrogen and oxygen atoms in total. The molecule has 1 aromatic rings. The first-order chi connectivity index (χ1) is 9.77. The first-order valence-electron chi connectivity index (χ1n) is 6.35. The molecule has 0 aromatic carbocycles. The number of carbonyl (C=O) groups excluding carboxylic acids is 2. The fourth-order valence-electron chi connectivity index (χ4n) is 2.38. The van der Waals surface area contributed by atoms with E-state index in [1.54, 1.807) is 0 Å². The van der Waals surface area contributed by atoms with Crippen LogP contribution in [0.15, 0.2) is 0 Å². The molecule has 0 radical (unpaired) electrons. The molecule has 0 saturated carbocycles. The molecule has 116 valence electrons. The predicted octanol–water partition coefficient (Wildman–Crippen LogP) is 2.94. The zero-order valence-electron chi connectivity index (χ0n) is 11.5. The Kier molecular flexibility index (Phi) is 4.27. The van der Waals surface area contributed by atoms with Gasteiger partial charge in [-0.05, 0) is 31.2 Å². The molecule has 1 amide bonds. The predicted molar refractivity (Wildman–Crippen MR) is 71.8 cm³/mol. The van der Waals surface area contributed by atoms with Gasteiger partial charge in [-0.3, -0.25) is 9.69 Å². The van der Waals surface area contributed by atoms with Crippen molar-refractivity contribution in [3.05, 3.63) is 16.0 Å². The summed E-state index contributed by atoms with van der Waals surface area (Å²) in [5.41, 5.74) is 0.812. The Hall–Kier alpha value is -1.57. The number of rotatable bonds is 2. The number of halogens is 3. The van der Waals surface area contributed by atoms with E-state index < -0.39 is 18.1 Å². The van der Waals surface area contributed by atoms with Gasteiger partial charge in [0.25, 0.3) is 0 Å². The summed E-state index contributed by atoms with van der Waals surface area (Å²) in [6.07, 6.45) is -1.87. The minimum atomic E-state index is -4.98. The quantitative estimate of drug-likeness (QED) is 0.787. The van der Waals surface area contributed by atoms with E-state index in [0.29, 0.717) is 17.7 Å². The fourth-order valence-corrected chi connectivity index (χ4v) is 3.72. The summed E-state index contributed by atoms with van der Waals surface area (Å²) >= 11 is 1.06. The lowest BCUT2D eigenvalue weighted by molar-refractivity contribution is -0.170. The van der Waals surface area contributed by atoms with Crippen LogP contribution in [0.2, 0.25) is 0 Å². The van der Waals surface area contributed by atoms with Crippen LogP contribution in [0.4, 0.5) is 18.2 Å². The van der Waals surface area contributed by atoms with Crippen molar-refractivity contribution in [3.8, 4) is 0 Å². The number of carbonyl (C=O) groups is 2. The number of esters is 1. The Bertz CT molecular complexity index is 580. The molecular weight excluding hydrogens is 307 g/mol. The third kappa shape index (κ3) is 2.90. The number of anilines is 1. The molecule has 0 atom stereocenters. The van der Waals surface area contributed by atoms with Crippen molar-refractivity contribution in [2.75, 3.05) is 19.1 Å². The molecule has 0 aliphatic heterocycles. The summed E-state index contributed by atoms with van der Waals surface area (Å²) in [5.74, 6) is -2.70. The minimum absolute atomic E-state index is 0.0103. The monoisotopic (exact) mass is 321 g/mol. The first-order valence-corrected chi connectivity index (χ1v) is 7.16. The molecule has 1 aliphatic carbocycles. The van der Waals surface area contributed by atoms with Crippen LogP contribution >= 0.6 is 11.3 Å². The highest BCUT2D eigenvalue weighted by molar-refractivity contribution is 7.17. The van der Waals surface area contributed by atoms with E-state index >= 15 is 0 Å². The van der Waals surface area contributed by atoms with Crippen LogP contribution in [0.1, 0.15) is 33.6 Å². The molecule has 1 aromatic heterocycles. The number of amides is 1. The topological polar surface area (TPSA) is 46.6 Å². The van der Waals surface area contributed by atoms with Crippen LogP contribution in [-0.4, -0.2) is 32.2 Å². The van der Waals surface area contributed by atoms with E-state index in [9.17, 15) is 22.8 Å². The van der Waals surface area contributed by atoms with Gasteiger partial charge < -0.3 is 4.74 Å². The lowest BCUT2D eigenvalue weighted by Gasteiger charge is -2.18. The maximum absolute atomic E-state index is 12.6. The number of aryl methyl sites for hydroxylation is 1. The van der Waals surface area contributed by atoms with Crippen molar-refractivity contribution < 1.29 is 27.5 Å². The number of hydrogen-bond acceptors (Lipinski definition) is 4. The van der Waals surface area contributed by atoms with Gasteiger partial charge in [-0.15, -0.1) is 11.3 Å². The average Bonchev–Trinajstić information content (AvgIpc) is 2.83. The molecule has 0 bridgehead atoms. The van der Waals surface area contributed by atoms with Crippen LogP contribution < -0.4 is 4.90 Å². The molecule has 1 aliphatic rings. The van der Waals surface area contributed by atoms with Gasteiger partial charge in [0, 0.05) is 11.9 Å². The lowest BCUT2D eigenvalue weighted by atomic mass is 9.95. The summed E-state index contributed by atoms with van der Waals surface area (Å²) in [6, 6.07) is 0. The number of ether oxygens (including phenoxy) is 1. The smallest absolute Gasteiger partial charge is 0.465 e. The second-order valence-electron chi connectivity index (χ2n) is 4.74. The summed E-state index contributed by atoms with van der Waals surface area (Å²) in [7, 11) is 2.20. The number of thiophene rings is 1. The summed E-state index contributed by atoms with van der Waals surface area (Å²) in [5, 5.41) is 0.0103. The second kappa shape index (κ2) is 5.67. The lowest BCUT2D eigenvalue weighted by Crippen LogP contribution is -2.38. The summed E-state index contributed by atoms with van der Waals surface area (Å²) < 4.78 is 42.4. The van der Waals surface area contributed by atoms with E-state index in [0.717, 1.165) is 41.7 Å². The second-order valence-corrected chi connectivity index (χ2v) is 5.83. The zero-order valence-corrected chi connectivity index (χ0v) is 12.4. The molecule has 2 rings (SSSR count). The van der Waals surface area contributed by atoms with E-state index in [2.05, 4.69) is 4.74 Å². The van der Waals surface area contributed by atoms with Gasteiger partial charge >= 0.3 is 18.1 Å². The Morgan fingerprint density at radius 1 is 1.24 bits per heavy atom. The van der Waals surface area contributed by atoms with Crippen LogP contribution in [0.25, 0.3) is 0 Å². The number of hydrogen-bond donors (Lipinski definition) is 0. The molecule has 0 fully saturated rings. The van der Waals surface area contributed by atoms with Gasteiger partial charge in [0.1, 0.15) is 5.00 Å². The van der Waals surface area contributed by atoms with Gasteiger partial charge in [0.15, 0.2) is 0 Å². The van der Waals surface area contributed by atoms with Crippen molar-refractivity contribution in [3.63, 3.8) is 0 Å². The highest BCUT2D eigenvalue weighted by Gasteiger charge is 2.43. The van der Waals surface area contributed by atoms with Crippen LogP contribution in [0.5, 0.6) is 0 Å². The van der Waals surface area contributed by atoms with Crippen molar-refractivity contribution in [2.24, 2.45) is 0 Å². The van der Waals surface area contributed by atoms with Gasteiger partial charge in [0.2, 0.25) is 0 Å². The van der Waals surface area contributed by atoms with Crippen molar-refractivity contribution in [1.29, 1.82) is 0 Å². The third-order valence-electron chi connectivity index (χ3n) is 3.39. The minimum Gasteiger partial charge on any atom is -0.465 e. The standard InChI is InChI=1S/C13H14F3NO3S/c1-17(12(19)13(14,15)16)10-9(11(18)20-2)7-5-3-4-6-8(7)21-10/h3-6H2,1-2H3. The van der Waals surface area contributed by atoms with Crippen LogP contribution in [0.3, 0.4) is 0 Å². The summed E-state index contributed by atoms with van der Waals surface area (Å²) in [6.45, 7) is 0. The molecule has 0 saturated heterocycles. The molecule has 21 heavy (non-hydrogen) atoms. The van der Waals surface area contributed by atoms with Gasteiger partial charge in [-0.2, -0.15) is 13.2 Å². The average molecular weight is 321 g/mol. The molecule has 1 heterocycles. The normalized spacial score (nSPS) is 14.5. The Balaban J connectivity index is 2.50. The largest absolute Gasteiger partial charge is 0.471 e. The Morgan fingerprint density at radius 2 is 1.86 bits per heavy atom. The highest BCUT2D eigenvalue weighted by Crippen LogP contribution is 2.41. The number of alkyl halides is 3. The Morgan fingerprint density at radius 3 is 2.43 bits per heavy atom. The number of methoxy groups -OCH3 is 1. The summed E-state index contributed by atoms with van der Waals surface area (Å²) in [4.78, 5) is 24.7. The van der Waals surface area contributed by atoms with E-state index in [4.69, 9.17) is 0 Å². The molecule has 0 spiro atoms. The molecule has 8 heteroatoms. The fraction of sp³-hybridized carbons (Fsp3) is 0.538. The maximum Gasteiger partial charge on any atom is 0.471 e. The SMILES string of the molecule is COC(=O)c1c(N(C)C(=O)C(F)(F)F)sc2c1CCCC2. The van der Waals surface area contributed by atoms with Crippen LogP contribution in [0, 0.1) is 0 Å². The first kappa shape index (κ1) is 15.8. The van der Waals surface area contributed by atoms with Crippen molar-refractivity contribution in [2.45, 2.75) is 31.9 Å². The van der Waals surface area contributed by atoms with Gasteiger partial charge in [0.05, 0.1) is 12.7 Å². The highest BCUT2D eigenvalue weighted by atomic mass is 32.1. The zero-order chi connectivity index (χ0) is 15.8. The number of fused-ring (bicyclic) bond motifs is 1. The van der Waals surface area contributed by atoms with E-state index in [1.807, 2.05) is 0 Å². The van der Waals surface area contributed by atoms with Crippen molar-refractivity contribution >= 4 is 28.2 Å². The third-order valence-corrected chi connectivity index (χ3v) is 4.76. The molecule has 0 unspecified atom stereocenters. The number of nitrogens with zero attached hydrogens (tertiary/aromatic N) is 1. The van der Waals surface area contributed by atoms with Crippen LogP contribution in [-0.2, 0) is 22.4 Å².